The van der Waals surface area contributed by atoms with Crippen LogP contribution >= 0.6 is 0 Å². The normalized spacial score (nSPS) is 15.2. The van der Waals surface area contributed by atoms with Crippen LogP contribution < -0.4 is 10.6 Å². The number of alkyl carbamates (subject to hydrolysis) is 2. The summed E-state index contributed by atoms with van der Waals surface area (Å²) >= 11 is 0. The van der Waals surface area contributed by atoms with Gasteiger partial charge >= 0.3 is 83.8 Å². The van der Waals surface area contributed by atoms with Crippen molar-refractivity contribution >= 4 is 12.2 Å². The summed E-state index contributed by atoms with van der Waals surface area (Å²) in [6.07, 6.45) is -20.7. The van der Waals surface area contributed by atoms with Crippen LogP contribution in [-0.4, -0.2) is 110 Å². The van der Waals surface area contributed by atoms with E-state index in [-0.39, 0.29) is 25.7 Å². The SMILES string of the molecule is O=C(NCCCCCCNC(=O)OCC(F)(F)C(F)(F)C(F)(F)C(F)(F)C(F)(F)C(F)(F)F)OCC(F)(F)C(F)(F)C(F)(F)C(F)(F)C(F)(F)C(F)(F)F. The lowest BCUT2D eigenvalue weighted by Crippen LogP contribution is -2.70. The average molecular weight is 868 g/mol. The Labute approximate surface area is 280 Å². The molecule has 0 bridgehead atoms. The lowest BCUT2D eigenvalue weighted by molar-refractivity contribution is -0.440. The van der Waals surface area contributed by atoms with Crippen molar-refractivity contribution in [2.45, 2.75) is 97.3 Å². The number of carbonyl (C=O) groups is 2. The summed E-state index contributed by atoms with van der Waals surface area (Å²) in [5.74, 6) is -77.5. The molecule has 0 rings (SSSR count). The first-order valence-electron chi connectivity index (χ1n) is 13.2. The summed E-state index contributed by atoms with van der Waals surface area (Å²) in [5.41, 5.74) is 0. The number of unbranched alkanes of at least 4 members (excludes halogenated alkanes) is 3. The van der Waals surface area contributed by atoms with E-state index in [1.807, 2.05) is 0 Å². The third kappa shape index (κ3) is 9.22. The van der Waals surface area contributed by atoms with Crippen LogP contribution in [0.3, 0.4) is 0 Å². The highest BCUT2D eigenvalue weighted by Crippen LogP contribution is 2.61. The third-order valence-corrected chi connectivity index (χ3v) is 6.41. The van der Waals surface area contributed by atoms with Gasteiger partial charge in [-0.15, -0.1) is 0 Å². The number of rotatable bonds is 19. The molecule has 0 aliphatic carbocycles. The van der Waals surface area contributed by atoms with Gasteiger partial charge in [-0.2, -0.15) is 114 Å². The van der Waals surface area contributed by atoms with Crippen molar-refractivity contribution in [2.24, 2.45) is 0 Å². The van der Waals surface area contributed by atoms with E-state index < -0.39 is 110 Å². The number of halogens is 26. The lowest BCUT2D eigenvalue weighted by atomic mass is 9.94. The Balaban J connectivity index is 4.89. The largest absolute Gasteiger partial charge is 0.460 e. The smallest absolute Gasteiger partial charge is 0.443 e. The number of ether oxygens (including phenoxy) is 2. The van der Waals surface area contributed by atoms with Crippen LogP contribution in [-0.2, 0) is 9.47 Å². The van der Waals surface area contributed by atoms with E-state index in [2.05, 4.69) is 9.47 Å². The Hall–Kier alpha value is -3.28. The van der Waals surface area contributed by atoms with Crippen molar-refractivity contribution in [2.75, 3.05) is 26.3 Å². The summed E-state index contributed by atoms with van der Waals surface area (Å²) in [6.45, 7) is -8.07. The first-order valence-corrected chi connectivity index (χ1v) is 13.2. The molecule has 0 heterocycles. The van der Waals surface area contributed by atoms with Gasteiger partial charge in [0.15, 0.2) is 13.2 Å². The standard InChI is InChI=1S/C22H18F26N2O4/c23-11(24,13(27,28)15(31,32)17(35,36)19(39,40)21(43,44)45)7-53-9(51)49-5-3-1-2-4-6-50-10(52)54-8-12(25,26)14(29,30)16(33,34)18(37,38)20(41,42)22(46,47)48/h1-8H2,(H,49,51)(H,50,52). The summed E-state index contributed by atoms with van der Waals surface area (Å²) in [5, 5.41) is 2.89. The molecular formula is C22H18F26N2O4. The second kappa shape index (κ2) is 15.7. The number of hydrogen-bond acceptors (Lipinski definition) is 4. The quantitative estimate of drug-likeness (QED) is 0.100. The van der Waals surface area contributed by atoms with Crippen LogP contribution in [0.25, 0.3) is 0 Å². The molecule has 0 spiro atoms. The molecule has 322 valence electrons. The zero-order valence-electron chi connectivity index (χ0n) is 25.1. The predicted octanol–water partition coefficient (Wildman–Crippen LogP) is 9.48. The molecule has 0 aromatic heterocycles. The Morgan fingerprint density at radius 1 is 0.333 bits per heavy atom. The Bertz CT molecular complexity index is 1180. The minimum atomic E-state index is -8.19. The van der Waals surface area contributed by atoms with Gasteiger partial charge in [-0.05, 0) is 12.8 Å². The summed E-state index contributed by atoms with van der Waals surface area (Å²) in [6, 6.07) is 0. The molecule has 0 fully saturated rings. The zero-order chi connectivity index (χ0) is 43.6. The van der Waals surface area contributed by atoms with Crippen molar-refractivity contribution in [1.82, 2.24) is 10.6 Å². The highest BCUT2D eigenvalue weighted by atomic mass is 19.4. The molecule has 0 aliphatic rings. The molecule has 0 unspecified atom stereocenters. The van der Waals surface area contributed by atoms with E-state index in [9.17, 15) is 124 Å². The van der Waals surface area contributed by atoms with Crippen LogP contribution in [0.1, 0.15) is 25.7 Å². The Morgan fingerprint density at radius 2 is 0.556 bits per heavy atom. The van der Waals surface area contributed by atoms with Crippen LogP contribution in [0.15, 0.2) is 0 Å². The summed E-state index contributed by atoms with van der Waals surface area (Å²) in [7, 11) is 0. The number of nitrogens with one attached hydrogen (secondary N) is 2. The fourth-order valence-electron chi connectivity index (χ4n) is 3.18. The Kier molecular flexibility index (Phi) is 14.7. The van der Waals surface area contributed by atoms with Gasteiger partial charge in [-0.1, -0.05) is 12.8 Å². The topological polar surface area (TPSA) is 76.7 Å². The lowest BCUT2D eigenvalue weighted by Gasteiger charge is -2.39. The van der Waals surface area contributed by atoms with Gasteiger partial charge in [0.1, 0.15) is 0 Å². The molecule has 0 aromatic rings. The van der Waals surface area contributed by atoms with Crippen molar-refractivity contribution in [3.8, 4) is 0 Å². The van der Waals surface area contributed by atoms with E-state index in [0.717, 1.165) is 0 Å². The van der Waals surface area contributed by atoms with Gasteiger partial charge in [0.2, 0.25) is 0 Å². The van der Waals surface area contributed by atoms with Gasteiger partial charge in [0.05, 0.1) is 0 Å². The predicted molar refractivity (Wildman–Crippen MR) is 119 cm³/mol. The molecule has 0 radical (unpaired) electrons. The third-order valence-electron chi connectivity index (χ3n) is 6.41. The minimum absolute atomic E-state index is 0.171. The van der Waals surface area contributed by atoms with Crippen molar-refractivity contribution in [3.63, 3.8) is 0 Å². The van der Waals surface area contributed by atoms with Gasteiger partial charge in [0.25, 0.3) is 0 Å². The van der Waals surface area contributed by atoms with E-state index in [1.165, 1.54) is 10.6 Å². The fraction of sp³-hybridized carbons (Fsp3) is 0.909. The molecule has 6 nitrogen and oxygen atoms in total. The van der Waals surface area contributed by atoms with E-state index in [1.54, 1.807) is 0 Å². The summed E-state index contributed by atoms with van der Waals surface area (Å²) < 4.78 is 345. The molecule has 0 aromatic carbocycles. The van der Waals surface area contributed by atoms with Gasteiger partial charge in [-0.25, -0.2) is 9.59 Å². The Morgan fingerprint density at radius 3 is 0.778 bits per heavy atom. The number of carbonyl (C=O) groups excluding carboxylic acids is 2. The average Bonchev–Trinajstić information content (AvgIpc) is 2.98. The monoisotopic (exact) mass is 868 g/mol. The van der Waals surface area contributed by atoms with E-state index in [4.69, 9.17) is 0 Å². The van der Waals surface area contributed by atoms with Crippen molar-refractivity contribution in [3.05, 3.63) is 0 Å². The second-order valence-electron chi connectivity index (χ2n) is 10.4. The number of hydrogen-bond donors (Lipinski definition) is 2. The van der Waals surface area contributed by atoms with E-state index >= 15 is 0 Å². The molecule has 0 aliphatic heterocycles. The first-order chi connectivity index (χ1) is 23.5. The maximum Gasteiger partial charge on any atom is 0.460 e. The molecule has 2 amide bonds. The van der Waals surface area contributed by atoms with Gasteiger partial charge in [-0.3, -0.25) is 0 Å². The fourth-order valence-corrected chi connectivity index (χ4v) is 3.18. The van der Waals surface area contributed by atoms with Crippen molar-refractivity contribution < 1.29 is 133 Å². The minimum Gasteiger partial charge on any atom is -0.443 e. The van der Waals surface area contributed by atoms with Gasteiger partial charge in [0, 0.05) is 13.1 Å². The van der Waals surface area contributed by atoms with Crippen LogP contribution in [0.4, 0.5) is 124 Å². The molecular weight excluding hydrogens is 850 g/mol. The maximum absolute atomic E-state index is 13.6. The molecule has 0 saturated carbocycles. The first kappa shape index (κ1) is 50.7. The van der Waals surface area contributed by atoms with Gasteiger partial charge < -0.3 is 20.1 Å². The van der Waals surface area contributed by atoms with E-state index in [0.29, 0.717) is 0 Å². The van der Waals surface area contributed by atoms with Crippen LogP contribution in [0.5, 0.6) is 0 Å². The molecule has 54 heavy (non-hydrogen) atoms. The molecule has 2 N–H and O–H groups in total. The molecule has 32 heteroatoms. The second-order valence-corrected chi connectivity index (χ2v) is 10.4. The number of alkyl halides is 26. The summed E-state index contributed by atoms with van der Waals surface area (Å²) in [4.78, 5) is 22.6. The number of amides is 2. The molecule has 0 saturated heterocycles. The molecule has 0 atom stereocenters. The zero-order valence-corrected chi connectivity index (χ0v) is 25.1. The van der Waals surface area contributed by atoms with Crippen molar-refractivity contribution in [1.29, 1.82) is 0 Å². The van der Waals surface area contributed by atoms with Crippen LogP contribution in [0, 0.1) is 0 Å². The van der Waals surface area contributed by atoms with Crippen LogP contribution in [0.2, 0.25) is 0 Å². The maximum atomic E-state index is 13.6. The highest BCUT2D eigenvalue weighted by molar-refractivity contribution is 5.67. The highest BCUT2D eigenvalue weighted by Gasteiger charge is 2.92.